The highest BCUT2D eigenvalue weighted by Gasteiger charge is 2.38. The fraction of sp³-hybridized carbons (Fsp3) is 0.107. The van der Waals surface area contributed by atoms with E-state index in [0.717, 1.165) is 17.1 Å². The maximum atomic E-state index is 2.43. The van der Waals surface area contributed by atoms with Crippen molar-refractivity contribution in [3.8, 4) is 44.5 Å². The molecule has 0 spiro atoms. The van der Waals surface area contributed by atoms with Crippen LogP contribution in [0.25, 0.3) is 66.1 Å². The van der Waals surface area contributed by atoms with Crippen molar-refractivity contribution in [2.24, 2.45) is 0 Å². The molecule has 57 heavy (non-hydrogen) atoms. The van der Waals surface area contributed by atoms with Crippen molar-refractivity contribution in [3.05, 3.63) is 210 Å². The zero-order valence-electron chi connectivity index (χ0n) is 32.8. The molecule has 2 aliphatic carbocycles. The lowest BCUT2D eigenvalue weighted by atomic mass is 9.79. The van der Waals surface area contributed by atoms with Gasteiger partial charge in [0.25, 0.3) is 0 Å². The molecule has 0 amide bonds. The van der Waals surface area contributed by atoms with Crippen LogP contribution < -0.4 is 4.90 Å². The number of nitrogens with zero attached hydrogens (tertiary/aromatic N) is 1. The molecule has 0 saturated heterocycles. The van der Waals surface area contributed by atoms with Crippen LogP contribution in [0, 0.1) is 0 Å². The maximum Gasteiger partial charge on any atom is 0.0465 e. The van der Waals surface area contributed by atoms with Gasteiger partial charge in [0, 0.05) is 27.9 Å². The van der Waals surface area contributed by atoms with Crippen molar-refractivity contribution in [2.45, 2.75) is 38.5 Å². The van der Waals surface area contributed by atoms with E-state index in [1.807, 2.05) is 0 Å². The Hall–Kier alpha value is -6.70. The number of anilines is 3. The van der Waals surface area contributed by atoms with Crippen molar-refractivity contribution in [3.63, 3.8) is 0 Å². The van der Waals surface area contributed by atoms with Crippen molar-refractivity contribution in [1.29, 1.82) is 0 Å². The van der Waals surface area contributed by atoms with Gasteiger partial charge >= 0.3 is 0 Å². The van der Waals surface area contributed by atoms with Gasteiger partial charge in [-0.1, -0.05) is 173 Å². The highest BCUT2D eigenvalue weighted by Crippen LogP contribution is 2.53. The van der Waals surface area contributed by atoms with E-state index >= 15 is 0 Å². The van der Waals surface area contributed by atoms with E-state index in [1.165, 1.54) is 88.3 Å². The summed E-state index contributed by atoms with van der Waals surface area (Å²) in [6.45, 7) is 9.47. The number of fused-ring (bicyclic) bond motifs is 9. The van der Waals surface area contributed by atoms with Gasteiger partial charge in [0.2, 0.25) is 0 Å². The van der Waals surface area contributed by atoms with Crippen molar-refractivity contribution in [1.82, 2.24) is 0 Å². The van der Waals surface area contributed by atoms with Gasteiger partial charge in [0.05, 0.1) is 0 Å². The summed E-state index contributed by atoms with van der Waals surface area (Å²) in [6.07, 6.45) is 0. The van der Waals surface area contributed by atoms with Crippen LogP contribution in [0.5, 0.6) is 0 Å². The molecule has 0 atom stereocenters. The van der Waals surface area contributed by atoms with Crippen LogP contribution >= 0.6 is 0 Å². The summed E-state index contributed by atoms with van der Waals surface area (Å²) in [6, 6.07) is 70.0. The second-order valence-electron chi connectivity index (χ2n) is 16.9. The first-order valence-corrected chi connectivity index (χ1v) is 20.2. The van der Waals surface area contributed by atoms with E-state index in [-0.39, 0.29) is 10.8 Å². The second-order valence-corrected chi connectivity index (χ2v) is 16.9. The molecule has 0 heterocycles. The SMILES string of the molecule is CC1(C)c2ccccc2-c2ccc(N(c3ccc(-c4cccc5c4C(C)(C)c4ccccc4-5)cc3)c3ccc(-c4cc5ccccc5c5ccccc45)cc3)cc21. The molecule has 272 valence electrons. The van der Waals surface area contributed by atoms with Gasteiger partial charge in [-0.05, 0) is 131 Å². The van der Waals surface area contributed by atoms with Crippen molar-refractivity contribution < 1.29 is 0 Å². The van der Waals surface area contributed by atoms with Gasteiger partial charge in [0.1, 0.15) is 0 Å². The number of benzene rings is 9. The summed E-state index contributed by atoms with van der Waals surface area (Å²) in [5.74, 6) is 0. The lowest BCUT2D eigenvalue weighted by Gasteiger charge is -2.29. The number of hydrogen-bond donors (Lipinski definition) is 0. The number of rotatable bonds is 5. The lowest BCUT2D eigenvalue weighted by molar-refractivity contribution is 0.660. The summed E-state index contributed by atoms with van der Waals surface area (Å²) < 4.78 is 0. The third-order valence-electron chi connectivity index (χ3n) is 13.0. The highest BCUT2D eigenvalue weighted by molar-refractivity contribution is 6.13. The van der Waals surface area contributed by atoms with Gasteiger partial charge in [-0.3, -0.25) is 0 Å². The molecule has 0 fully saturated rings. The van der Waals surface area contributed by atoms with Gasteiger partial charge in [0.15, 0.2) is 0 Å². The Balaban J connectivity index is 1.04. The molecule has 0 unspecified atom stereocenters. The van der Waals surface area contributed by atoms with E-state index < -0.39 is 0 Å². The fourth-order valence-corrected chi connectivity index (χ4v) is 10.2. The first-order valence-electron chi connectivity index (χ1n) is 20.2. The van der Waals surface area contributed by atoms with Crippen LogP contribution in [0.1, 0.15) is 49.9 Å². The zero-order valence-corrected chi connectivity index (χ0v) is 32.8. The predicted molar refractivity (Wildman–Crippen MR) is 242 cm³/mol. The minimum atomic E-state index is -0.101. The quantitative estimate of drug-likeness (QED) is 0.159. The Kier molecular flexibility index (Phi) is 7.32. The Morgan fingerprint density at radius 1 is 0.316 bits per heavy atom. The van der Waals surface area contributed by atoms with Crippen LogP contribution in [0.4, 0.5) is 17.1 Å². The van der Waals surface area contributed by atoms with Gasteiger partial charge < -0.3 is 4.90 Å². The van der Waals surface area contributed by atoms with Crippen LogP contribution in [0.2, 0.25) is 0 Å². The fourth-order valence-electron chi connectivity index (χ4n) is 10.2. The molecule has 2 aliphatic rings. The van der Waals surface area contributed by atoms with Crippen molar-refractivity contribution >= 4 is 38.6 Å². The van der Waals surface area contributed by atoms with Crippen LogP contribution in [-0.2, 0) is 10.8 Å². The summed E-state index contributed by atoms with van der Waals surface area (Å²) >= 11 is 0. The van der Waals surface area contributed by atoms with E-state index in [1.54, 1.807) is 0 Å². The van der Waals surface area contributed by atoms with Crippen molar-refractivity contribution in [2.75, 3.05) is 4.90 Å². The highest BCUT2D eigenvalue weighted by atomic mass is 15.1. The molecule has 11 rings (SSSR count). The smallest absolute Gasteiger partial charge is 0.0465 e. The molecule has 0 N–H and O–H groups in total. The first-order chi connectivity index (χ1) is 27.8. The predicted octanol–water partition coefficient (Wildman–Crippen LogP) is 15.4. The molecule has 9 aromatic carbocycles. The summed E-state index contributed by atoms with van der Waals surface area (Å²) in [7, 11) is 0. The minimum Gasteiger partial charge on any atom is -0.310 e. The standard InChI is InChI=1S/C56H43N/c1-55(2)51-22-11-9-18-46(51)48-33-32-41(35-53(48)55)57(40-30-26-37(27-31-40)50-34-38-14-5-6-15-42(38)44-16-7-8-17-45(44)50)39-28-24-36(25-29-39)43-20-13-21-49-47-19-10-12-23-52(47)56(3,4)54(43)49/h5-35H,1-4H3. The molecule has 0 radical (unpaired) electrons. The number of hydrogen-bond acceptors (Lipinski definition) is 1. The molecule has 0 bridgehead atoms. The molecular weight excluding hydrogens is 687 g/mol. The van der Waals surface area contributed by atoms with Gasteiger partial charge in [-0.15, -0.1) is 0 Å². The molecular formula is C56H43N. The van der Waals surface area contributed by atoms with E-state index in [2.05, 4.69) is 221 Å². The largest absolute Gasteiger partial charge is 0.310 e. The summed E-state index contributed by atoms with van der Waals surface area (Å²) in [5, 5.41) is 5.11. The zero-order chi connectivity index (χ0) is 38.5. The van der Waals surface area contributed by atoms with Gasteiger partial charge in [-0.2, -0.15) is 0 Å². The average molecular weight is 730 g/mol. The molecule has 0 aliphatic heterocycles. The molecule has 0 aromatic heterocycles. The summed E-state index contributed by atoms with van der Waals surface area (Å²) in [4.78, 5) is 2.43. The van der Waals surface area contributed by atoms with Crippen LogP contribution in [0.3, 0.4) is 0 Å². The third kappa shape index (κ3) is 5.02. The average Bonchev–Trinajstić information content (AvgIpc) is 3.63. The normalized spacial score (nSPS) is 14.2. The molecule has 1 nitrogen and oxygen atoms in total. The second kappa shape index (κ2) is 12.4. The molecule has 0 saturated carbocycles. The van der Waals surface area contributed by atoms with E-state index in [0.29, 0.717) is 0 Å². The van der Waals surface area contributed by atoms with E-state index in [4.69, 9.17) is 0 Å². The Morgan fingerprint density at radius 2 is 0.807 bits per heavy atom. The maximum absolute atomic E-state index is 2.43. The minimum absolute atomic E-state index is 0.0832. The Bertz CT molecular complexity index is 3050. The van der Waals surface area contributed by atoms with E-state index in [9.17, 15) is 0 Å². The monoisotopic (exact) mass is 729 g/mol. The summed E-state index contributed by atoms with van der Waals surface area (Å²) in [5.41, 5.74) is 19.2. The third-order valence-corrected chi connectivity index (χ3v) is 13.0. The molecule has 9 aromatic rings. The topological polar surface area (TPSA) is 3.24 Å². The lowest BCUT2D eigenvalue weighted by Crippen LogP contribution is -2.16. The van der Waals surface area contributed by atoms with Gasteiger partial charge in [-0.25, -0.2) is 0 Å². The first kappa shape index (κ1) is 33.6. The Labute approximate surface area is 335 Å². The molecule has 1 heteroatoms. The van der Waals surface area contributed by atoms with Crippen LogP contribution in [-0.4, -0.2) is 0 Å². The van der Waals surface area contributed by atoms with Crippen LogP contribution in [0.15, 0.2) is 188 Å². The Morgan fingerprint density at radius 3 is 1.51 bits per heavy atom.